The van der Waals surface area contributed by atoms with E-state index in [1.165, 1.54) is 23.3 Å². The number of aromatic nitrogens is 2. The van der Waals surface area contributed by atoms with E-state index in [1.807, 2.05) is 35.0 Å². The van der Waals surface area contributed by atoms with E-state index in [0.29, 0.717) is 0 Å². The first-order valence-corrected chi connectivity index (χ1v) is 11.7. The molecule has 4 heterocycles. The van der Waals surface area contributed by atoms with E-state index in [-0.39, 0.29) is 5.91 Å². The molecule has 0 aromatic carbocycles. The van der Waals surface area contributed by atoms with E-state index >= 15 is 0 Å². The van der Waals surface area contributed by atoms with Gasteiger partial charge in [-0.1, -0.05) is 0 Å². The van der Waals surface area contributed by atoms with Crippen molar-refractivity contribution >= 4 is 33.7 Å². The van der Waals surface area contributed by atoms with Crippen molar-refractivity contribution in [3.63, 3.8) is 0 Å². The average Bonchev–Trinajstić information content (AvgIpc) is 3.45. The van der Waals surface area contributed by atoms with Gasteiger partial charge < -0.3 is 14.4 Å². The van der Waals surface area contributed by atoms with Crippen LogP contribution in [0.5, 0.6) is 0 Å². The lowest BCUT2D eigenvalue weighted by atomic mass is 9.95. The first-order chi connectivity index (χ1) is 13.8. The van der Waals surface area contributed by atoms with Crippen molar-refractivity contribution in [1.29, 1.82) is 0 Å². The van der Waals surface area contributed by atoms with Crippen LogP contribution in [0.4, 0.5) is 5.13 Å². The minimum absolute atomic E-state index is 0.212. The highest BCUT2D eigenvalue weighted by Crippen LogP contribution is 2.37. The Balaban J connectivity index is 1.44. The summed E-state index contributed by atoms with van der Waals surface area (Å²) in [5, 5.41) is 4.18. The van der Waals surface area contributed by atoms with Crippen LogP contribution in [0.2, 0.25) is 0 Å². The summed E-state index contributed by atoms with van der Waals surface area (Å²) in [5.74, 6) is 0.212. The summed E-state index contributed by atoms with van der Waals surface area (Å²) in [6.07, 6.45) is 11.5. The number of nitrogens with zero attached hydrogens (tertiary/aromatic N) is 4. The molecule has 0 saturated carbocycles. The molecule has 0 spiro atoms. The maximum absolute atomic E-state index is 13.7. The Bertz CT molecular complexity index is 946. The highest BCUT2D eigenvalue weighted by molar-refractivity contribution is 7.15. The van der Waals surface area contributed by atoms with Gasteiger partial charge in [0.1, 0.15) is 5.00 Å². The number of carbonyl (C=O) groups excluding carboxylic acids is 1. The molecule has 0 unspecified atom stereocenters. The monoisotopic (exact) mass is 412 g/mol. The molecule has 0 atom stereocenters. The van der Waals surface area contributed by atoms with Gasteiger partial charge in [-0.2, -0.15) is 0 Å². The first kappa shape index (κ1) is 17.9. The summed E-state index contributed by atoms with van der Waals surface area (Å²) in [6.45, 7) is 3.39. The second-order valence-corrected chi connectivity index (χ2v) is 9.39. The van der Waals surface area contributed by atoms with Gasteiger partial charge >= 0.3 is 0 Å². The fourth-order valence-corrected chi connectivity index (χ4v) is 6.31. The number of anilines is 1. The van der Waals surface area contributed by atoms with Crippen LogP contribution in [-0.2, 0) is 12.8 Å². The van der Waals surface area contributed by atoms with Gasteiger partial charge in [0.05, 0.1) is 5.56 Å². The second kappa shape index (κ2) is 7.72. The average molecular weight is 413 g/mol. The van der Waals surface area contributed by atoms with Gasteiger partial charge in [-0.3, -0.25) is 4.79 Å². The number of fused-ring (bicyclic) bond motifs is 1. The minimum Gasteiger partial charge on any atom is -0.346 e. The maximum atomic E-state index is 13.7. The number of carbonyl (C=O) groups is 1. The zero-order chi connectivity index (χ0) is 18.9. The maximum Gasteiger partial charge on any atom is 0.257 e. The van der Waals surface area contributed by atoms with Gasteiger partial charge in [0.2, 0.25) is 0 Å². The van der Waals surface area contributed by atoms with Crippen LogP contribution in [0.1, 0.15) is 40.1 Å². The Morgan fingerprint density at radius 3 is 2.68 bits per heavy atom. The Kier molecular flexibility index (Phi) is 4.94. The van der Waals surface area contributed by atoms with Crippen LogP contribution < -0.4 is 4.90 Å². The number of aryl methyl sites for hydroxylation is 1. The topological polar surface area (TPSA) is 41.4 Å². The molecule has 2 aliphatic rings. The number of hydrogen-bond donors (Lipinski definition) is 0. The molecule has 3 aromatic heterocycles. The highest BCUT2D eigenvalue weighted by atomic mass is 32.1. The predicted molar refractivity (Wildman–Crippen MR) is 115 cm³/mol. The molecule has 28 heavy (non-hydrogen) atoms. The Labute approximate surface area is 173 Å². The molecule has 1 amide bonds. The third-order valence-electron chi connectivity index (χ3n) is 5.68. The van der Waals surface area contributed by atoms with Gasteiger partial charge in [-0.05, 0) is 49.8 Å². The van der Waals surface area contributed by atoms with E-state index in [4.69, 9.17) is 0 Å². The number of rotatable bonds is 3. The van der Waals surface area contributed by atoms with E-state index in [0.717, 1.165) is 61.1 Å². The SMILES string of the molecule is O=C(c1c(-n2cccc2)sc2c1CCCC2)N1CCCN(c2nccs2)CC1. The van der Waals surface area contributed by atoms with Crippen molar-refractivity contribution in [1.82, 2.24) is 14.5 Å². The molecular formula is C21H24N4OS2. The molecule has 5 nitrogen and oxygen atoms in total. The third-order valence-corrected chi connectivity index (χ3v) is 7.82. The van der Waals surface area contributed by atoms with E-state index in [2.05, 4.69) is 31.7 Å². The van der Waals surface area contributed by atoms with Crippen molar-refractivity contribution in [2.75, 3.05) is 31.1 Å². The number of thiophene rings is 1. The quantitative estimate of drug-likeness (QED) is 0.647. The molecular weight excluding hydrogens is 388 g/mol. The third kappa shape index (κ3) is 3.26. The van der Waals surface area contributed by atoms with Crippen molar-refractivity contribution in [3.05, 3.63) is 52.1 Å². The zero-order valence-electron chi connectivity index (χ0n) is 15.8. The number of amides is 1. The summed E-state index contributed by atoms with van der Waals surface area (Å²) in [7, 11) is 0. The number of thiazole rings is 1. The molecule has 7 heteroatoms. The van der Waals surface area contributed by atoms with Crippen LogP contribution in [0, 0.1) is 0 Å². The molecule has 1 aliphatic carbocycles. The van der Waals surface area contributed by atoms with Crippen molar-refractivity contribution in [2.45, 2.75) is 32.1 Å². The van der Waals surface area contributed by atoms with Gasteiger partial charge in [0.15, 0.2) is 5.13 Å². The standard InChI is InChI=1S/C21H24N4OS2/c26-19(23-11-5-12-25(14-13-23)21-22-8-15-27-21)18-16-6-1-2-7-17(16)28-20(18)24-9-3-4-10-24/h3-4,8-10,15H,1-2,5-7,11-14H2. The van der Waals surface area contributed by atoms with Crippen LogP contribution in [0.3, 0.4) is 0 Å². The summed E-state index contributed by atoms with van der Waals surface area (Å²) in [5.41, 5.74) is 2.27. The van der Waals surface area contributed by atoms with Gasteiger partial charge in [-0.15, -0.1) is 22.7 Å². The zero-order valence-corrected chi connectivity index (χ0v) is 17.5. The normalized spacial score (nSPS) is 17.4. The molecule has 146 valence electrons. The second-order valence-electron chi connectivity index (χ2n) is 7.43. The lowest BCUT2D eigenvalue weighted by molar-refractivity contribution is 0.0766. The summed E-state index contributed by atoms with van der Waals surface area (Å²) < 4.78 is 2.12. The molecule has 0 N–H and O–H groups in total. The number of hydrogen-bond acceptors (Lipinski definition) is 5. The van der Waals surface area contributed by atoms with Crippen LogP contribution in [0.15, 0.2) is 36.1 Å². The molecule has 1 aliphatic heterocycles. The molecule has 3 aromatic rings. The van der Waals surface area contributed by atoms with Crippen molar-refractivity contribution < 1.29 is 4.79 Å². The van der Waals surface area contributed by atoms with Crippen molar-refractivity contribution in [2.24, 2.45) is 0 Å². The van der Waals surface area contributed by atoms with E-state index in [1.54, 1.807) is 11.3 Å². The largest absolute Gasteiger partial charge is 0.346 e. The van der Waals surface area contributed by atoms with E-state index in [9.17, 15) is 4.79 Å². The fraction of sp³-hybridized carbons (Fsp3) is 0.429. The highest BCUT2D eigenvalue weighted by Gasteiger charge is 2.30. The molecule has 5 rings (SSSR count). The summed E-state index contributed by atoms with van der Waals surface area (Å²) in [4.78, 5) is 23.9. The van der Waals surface area contributed by atoms with Gasteiger partial charge in [0.25, 0.3) is 5.91 Å². The van der Waals surface area contributed by atoms with Crippen LogP contribution in [-0.4, -0.2) is 46.5 Å². The Morgan fingerprint density at radius 2 is 1.86 bits per heavy atom. The van der Waals surface area contributed by atoms with Crippen molar-refractivity contribution in [3.8, 4) is 5.00 Å². The fourth-order valence-electron chi connectivity index (χ4n) is 4.27. The van der Waals surface area contributed by atoms with Crippen LogP contribution in [0.25, 0.3) is 5.00 Å². The molecule has 0 bridgehead atoms. The van der Waals surface area contributed by atoms with Gasteiger partial charge in [0, 0.05) is 55.0 Å². The Morgan fingerprint density at radius 1 is 1.00 bits per heavy atom. The summed E-state index contributed by atoms with van der Waals surface area (Å²) >= 11 is 3.49. The summed E-state index contributed by atoms with van der Waals surface area (Å²) in [6, 6.07) is 4.07. The van der Waals surface area contributed by atoms with E-state index < -0.39 is 0 Å². The molecule has 1 fully saturated rings. The van der Waals surface area contributed by atoms with Gasteiger partial charge in [-0.25, -0.2) is 4.98 Å². The predicted octanol–water partition coefficient (Wildman–Crippen LogP) is 4.23. The lowest BCUT2D eigenvalue weighted by Crippen LogP contribution is -2.36. The lowest BCUT2D eigenvalue weighted by Gasteiger charge is -2.23. The molecule has 0 radical (unpaired) electrons. The first-order valence-electron chi connectivity index (χ1n) is 10.0. The Hall–Kier alpha value is -2.12. The smallest absolute Gasteiger partial charge is 0.257 e. The molecule has 1 saturated heterocycles. The van der Waals surface area contributed by atoms with Crippen LogP contribution >= 0.6 is 22.7 Å². The minimum atomic E-state index is 0.212.